The van der Waals surface area contributed by atoms with Crippen LogP contribution in [0.3, 0.4) is 0 Å². The van der Waals surface area contributed by atoms with Crippen molar-refractivity contribution in [1.29, 1.82) is 0 Å². The second-order valence-corrected chi connectivity index (χ2v) is 8.34. The summed E-state index contributed by atoms with van der Waals surface area (Å²) in [7, 11) is 0. The zero-order valence-electron chi connectivity index (χ0n) is 17.0. The zero-order chi connectivity index (χ0) is 21.4. The quantitative estimate of drug-likeness (QED) is 0.490. The van der Waals surface area contributed by atoms with Gasteiger partial charge in [-0.2, -0.15) is 0 Å². The van der Waals surface area contributed by atoms with Crippen molar-refractivity contribution in [3.8, 4) is 0 Å². The van der Waals surface area contributed by atoms with Crippen LogP contribution in [-0.2, 0) is 13.0 Å². The third kappa shape index (κ3) is 3.69. The molecule has 2 heterocycles. The smallest absolute Gasteiger partial charge is 0.248 e. The number of nitrogens with two attached hydrogens (primary N) is 1. The van der Waals surface area contributed by atoms with E-state index in [0.29, 0.717) is 10.6 Å². The second kappa shape index (κ2) is 8.14. The Kier molecular flexibility index (Phi) is 5.18. The van der Waals surface area contributed by atoms with E-state index in [-0.39, 0.29) is 11.9 Å². The summed E-state index contributed by atoms with van der Waals surface area (Å²) >= 11 is 6.17. The Balaban J connectivity index is 1.62. The highest BCUT2D eigenvalue weighted by Crippen LogP contribution is 2.38. The van der Waals surface area contributed by atoms with Crippen molar-refractivity contribution in [2.45, 2.75) is 19.0 Å². The number of aromatic nitrogens is 1. The standard InChI is InChI=1S/C26H22ClN3O/c27-19-10-8-17(9-11-19)25-22-5-3-6-23(26(28)31)21(22)13-15-30(25)16-18-12-14-29-24-7-2-1-4-20(18)24/h1-12,14,25H,13,15-16H2,(H2,28,31). The molecule has 154 valence electrons. The molecule has 2 N–H and O–H groups in total. The average Bonchev–Trinajstić information content (AvgIpc) is 2.79. The highest BCUT2D eigenvalue weighted by molar-refractivity contribution is 6.30. The van der Waals surface area contributed by atoms with Crippen LogP contribution in [-0.4, -0.2) is 22.3 Å². The first-order valence-electron chi connectivity index (χ1n) is 10.4. The number of carbonyl (C=O) groups is 1. The molecule has 4 aromatic rings. The molecule has 4 nitrogen and oxygen atoms in total. The molecule has 0 bridgehead atoms. The van der Waals surface area contributed by atoms with Crippen LogP contribution in [0.2, 0.25) is 5.02 Å². The largest absolute Gasteiger partial charge is 0.366 e. The molecule has 1 atom stereocenters. The highest BCUT2D eigenvalue weighted by Gasteiger charge is 2.31. The molecule has 0 fully saturated rings. The van der Waals surface area contributed by atoms with Crippen LogP contribution >= 0.6 is 11.6 Å². The van der Waals surface area contributed by atoms with Crippen LogP contribution in [0, 0.1) is 0 Å². The van der Waals surface area contributed by atoms with Crippen LogP contribution in [0.15, 0.2) is 79.0 Å². The van der Waals surface area contributed by atoms with E-state index in [1.165, 1.54) is 5.56 Å². The van der Waals surface area contributed by atoms with Crippen LogP contribution in [0.1, 0.15) is 38.7 Å². The first-order valence-corrected chi connectivity index (χ1v) is 10.7. The number of primary amides is 1. The van der Waals surface area contributed by atoms with Gasteiger partial charge in [-0.15, -0.1) is 0 Å². The Bertz CT molecular complexity index is 1260. The molecule has 0 saturated heterocycles. The summed E-state index contributed by atoms with van der Waals surface area (Å²) in [5.41, 5.74) is 11.9. The molecular weight excluding hydrogens is 406 g/mol. The zero-order valence-corrected chi connectivity index (χ0v) is 17.7. The summed E-state index contributed by atoms with van der Waals surface area (Å²) in [5, 5.41) is 1.87. The molecule has 0 spiro atoms. The maximum atomic E-state index is 12.1. The lowest BCUT2D eigenvalue weighted by Gasteiger charge is -2.38. The topological polar surface area (TPSA) is 59.2 Å². The minimum absolute atomic E-state index is 0.00671. The van der Waals surface area contributed by atoms with Gasteiger partial charge >= 0.3 is 0 Å². The van der Waals surface area contributed by atoms with Gasteiger partial charge in [-0.25, -0.2) is 0 Å². The molecule has 1 amide bonds. The lowest BCUT2D eigenvalue weighted by atomic mass is 9.85. The van der Waals surface area contributed by atoms with Crippen molar-refractivity contribution in [2.75, 3.05) is 6.54 Å². The molecule has 31 heavy (non-hydrogen) atoms. The number of benzene rings is 3. The number of halogens is 1. The van der Waals surface area contributed by atoms with E-state index in [1.807, 2.05) is 42.6 Å². The van der Waals surface area contributed by atoms with Gasteiger partial charge in [-0.05, 0) is 59.0 Å². The minimum atomic E-state index is -0.375. The average molecular weight is 428 g/mol. The summed E-state index contributed by atoms with van der Waals surface area (Å²) < 4.78 is 0. The molecule has 1 aliphatic rings. The lowest BCUT2D eigenvalue weighted by molar-refractivity contribution is 0.0997. The Morgan fingerprint density at radius 2 is 1.84 bits per heavy atom. The number of rotatable bonds is 4. The van der Waals surface area contributed by atoms with Gasteiger partial charge in [0.1, 0.15) is 0 Å². The summed E-state index contributed by atoms with van der Waals surface area (Å²) in [6.07, 6.45) is 2.65. The SMILES string of the molecule is NC(=O)c1cccc2c1CCN(Cc1ccnc3ccccc13)C2c1ccc(Cl)cc1. The predicted molar refractivity (Wildman–Crippen MR) is 124 cm³/mol. The summed E-state index contributed by atoms with van der Waals surface area (Å²) in [5.74, 6) is -0.375. The molecular formula is C26H22ClN3O. The van der Waals surface area contributed by atoms with E-state index < -0.39 is 0 Å². The molecule has 3 aromatic carbocycles. The molecule has 5 heteroatoms. The number of amides is 1. The number of nitrogens with zero attached hydrogens (tertiary/aromatic N) is 2. The van der Waals surface area contributed by atoms with Gasteiger partial charge in [-0.3, -0.25) is 14.7 Å². The normalized spacial score (nSPS) is 16.2. The molecule has 0 saturated carbocycles. The Labute approximate surface area is 186 Å². The summed E-state index contributed by atoms with van der Waals surface area (Å²) in [4.78, 5) is 19.0. The summed E-state index contributed by atoms with van der Waals surface area (Å²) in [6.45, 7) is 1.60. The summed E-state index contributed by atoms with van der Waals surface area (Å²) in [6, 6.07) is 24.2. The molecule has 1 unspecified atom stereocenters. The van der Waals surface area contributed by atoms with Crippen LogP contribution in [0.4, 0.5) is 0 Å². The van der Waals surface area contributed by atoms with Gasteiger partial charge in [0.2, 0.25) is 5.91 Å². The Morgan fingerprint density at radius 3 is 2.65 bits per heavy atom. The monoisotopic (exact) mass is 427 g/mol. The molecule has 5 rings (SSSR count). The van der Waals surface area contributed by atoms with Crippen molar-refractivity contribution < 1.29 is 4.79 Å². The van der Waals surface area contributed by atoms with Gasteiger partial charge < -0.3 is 5.73 Å². The van der Waals surface area contributed by atoms with E-state index in [0.717, 1.165) is 47.1 Å². The predicted octanol–water partition coefficient (Wildman–Crippen LogP) is 5.13. The fraction of sp³-hybridized carbons (Fsp3) is 0.154. The van der Waals surface area contributed by atoms with E-state index in [2.05, 4.69) is 46.3 Å². The molecule has 0 aliphatic carbocycles. The number of fused-ring (bicyclic) bond motifs is 2. The molecule has 1 aliphatic heterocycles. The van der Waals surface area contributed by atoms with E-state index >= 15 is 0 Å². The Hall–Kier alpha value is -3.21. The first-order chi connectivity index (χ1) is 15.1. The number of pyridine rings is 1. The fourth-order valence-corrected chi connectivity index (χ4v) is 4.80. The van der Waals surface area contributed by atoms with Crippen LogP contribution in [0.5, 0.6) is 0 Å². The minimum Gasteiger partial charge on any atom is -0.366 e. The number of hydrogen-bond donors (Lipinski definition) is 1. The van der Waals surface area contributed by atoms with Crippen molar-refractivity contribution in [3.05, 3.63) is 112 Å². The maximum Gasteiger partial charge on any atom is 0.248 e. The maximum absolute atomic E-state index is 12.1. The third-order valence-electron chi connectivity index (χ3n) is 6.08. The van der Waals surface area contributed by atoms with E-state index in [1.54, 1.807) is 0 Å². The number of hydrogen-bond acceptors (Lipinski definition) is 3. The lowest BCUT2D eigenvalue weighted by Crippen LogP contribution is -2.37. The van der Waals surface area contributed by atoms with Gasteiger partial charge in [0.05, 0.1) is 11.6 Å². The van der Waals surface area contributed by atoms with Crippen LogP contribution < -0.4 is 5.73 Å². The second-order valence-electron chi connectivity index (χ2n) is 7.90. The van der Waals surface area contributed by atoms with Gasteiger partial charge in [0.15, 0.2) is 0 Å². The third-order valence-corrected chi connectivity index (χ3v) is 6.34. The number of para-hydroxylation sites is 1. The van der Waals surface area contributed by atoms with Gasteiger partial charge in [-0.1, -0.05) is 54.1 Å². The van der Waals surface area contributed by atoms with Gasteiger partial charge in [0, 0.05) is 35.3 Å². The van der Waals surface area contributed by atoms with Crippen molar-refractivity contribution in [3.63, 3.8) is 0 Å². The fourth-order valence-electron chi connectivity index (χ4n) is 4.67. The van der Waals surface area contributed by atoms with E-state index in [4.69, 9.17) is 17.3 Å². The molecule has 0 radical (unpaired) electrons. The van der Waals surface area contributed by atoms with Gasteiger partial charge in [0.25, 0.3) is 0 Å². The van der Waals surface area contributed by atoms with Crippen LogP contribution in [0.25, 0.3) is 10.9 Å². The van der Waals surface area contributed by atoms with Crippen molar-refractivity contribution in [1.82, 2.24) is 9.88 Å². The van der Waals surface area contributed by atoms with E-state index in [9.17, 15) is 4.79 Å². The van der Waals surface area contributed by atoms with Crippen molar-refractivity contribution in [2.24, 2.45) is 5.73 Å². The molecule has 1 aromatic heterocycles. The number of carbonyl (C=O) groups excluding carboxylic acids is 1. The first kappa shape index (κ1) is 19.7. The Morgan fingerprint density at radius 1 is 1.03 bits per heavy atom. The van der Waals surface area contributed by atoms with Crippen molar-refractivity contribution >= 4 is 28.4 Å². The highest BCUT2D eigenvalue weighted by atomic mass is 35.5.